The number of hydrogen-bond acceptors (Lipinski definition) is 4. The number of aryl methyl sites for hydroxylation is 2. The van der Waals surface area contributed by atoms with E-state index in [1.54, 1.807) is 6.07 Å². The van der Waals surface area contributed by atoms with Crippen molar-refractivity contribution in [2.45, 2.75) is 52.6 Å². The van der Waals surface area contributed by atoms with Gasteiger partial charge in [0.25, 0.3) is 0 Å². The third-order valence-electron chi connectivity index (χ3n) is 5.85. The second-order valence-corrected chi connectivity index (χ2v) is 10.9. The average Bonchev–Trinajstić information content (AvgIpc) is 2.79. The molecule has 1 unspecified atom stereocenters. The topological polar surface area (TPSA) is 55.8 Å². The Morgan fingerprint density at radius 1 is 1.03 bits per heavy atom. The summed E-state index contributed by atoms with van der Waals surface area (Å²) in [6.45, 7) is 10.2. The van der Waals surface area contributed by atoms with E-state index in [9.17, 15) is 9.67 Å². The fourth-order valence-electron chi connectivity index (χ4n) is 4.05. The molecule has 0 radical (unpaired) electrons. The van der Waals surface area contributed by atoms with Gasteiger partial charge < -0.3 is 14.2 Å². The van der Waals surface area contributed by atoms with Crippen LogP contribution in [0.5, 0.6) is 11.5 Å². The Bertz CT molecular complexity index is 1180. The maximum absolute atomic E-state index is 13.7. The van der Waals surface area contributed by atoms with Gasteiger partial charge in [0.05, 0.1) is 11.7 Å². The molecule has 0 bridgehead atoms. The summed E-state index contributed by atoms with van der Waals surface area (Å²) < 4.78 is 25.4. The summed E-state index contributed by atoms with van der Waals surface area (Å²) in [5.41, 5.74) is 5.91. The summed E-state index contributed by atoms with van der Waals surface area (Å²) in [5, 5.41) is 11.2. The van der Waals surface area contributed by atoms with Gasteiger partial charge in [-0.05, 0) is 61.1 Å². The molecule has 5 heteroatoms. The molecule has 3 aromatic carbocycles. The van der Waals surface area contributed by atoms with Crippen LogP contribution in [-0.2, 0) is 21.7 Å². The minimum Gasteiger partial charge on any atom is -0.507 e. The molecule has 0 saturated carbocycles. The van der Waals surface area contributed by atoms with E-state index in [4.69, 9.17) is 9.05 Å². The maximum Gasteiger partial charge on any atom is 0.383 e. The molecule has 0 saturated heterocycles. The number of aromatic hydroxyl groups is 1. The van der Waals surface area contributed by atoms with Crippen molar-refractivity contribution >= 4 is 13.2 Å². The molecular weight excluding hydrogens is 443 g/mol. The van der Waals surface area contributed by atoms with E-state index in [0.29, 0.717) is 11.3 Å². The first-order valence-electron chi connectivity index (χ1n) is 11.8. The van der Waals surface area contributed by atoms with Crippen LogP contribution in [0.2, 0.25) is 0 Å². The van der Waals surface area contributed by atoms with Gasteiger partial charge in [-0.2, -0.15) is 0 Å². The van der Waals surface area contributed by atoms with Crippen molar-refractivity contribution in [3.05, 3.63) is 89.5 Å². The smallest absolute Gasteiger partial charge is 0.383 e. The molecule has 0 aliphatic carbocycles. The monoisotopic (exact) mass is 478 g/mol. The van der Waals surface area contributed by atoms with Gasteiger partial charge in [0.15, 0.2) is 0 Å². The normalized spacial score (nSPS) is 12.8. The Morgan fingerprint density at radius 2 is 1.76 bits per heavy atom. The quantitative estimate of drug-likeness (QED) is 0.222. The first kappa shape index (κ1) is 25.8. The average molecular weight is 479 g/mol. The van der Waals surface area contributed by atoms with E-state index in [0.717, 1.165) is 59.1 Å². The minimum atomic E-state index is -3.55. The zero-order chi connectivity index (χ0) is 24.7. The molecule has 0 aromatic heterocycles. The maximum atomic E-state index is 13.7. The molecule has 0 fully saturated rings. The number of unbranched alkanes of at least 4 members (excludes halogenated alkanes) is 2. The van der Waals surface area contributed by atoms with E-state index in [1.165, 1.54) is 7.11 Å². The fourth-order valence-corrected chi connectivity index (χ4v) is 5.42. The van der Waals surface area contributed by atoms with E-state index in [-0.39, 0.29) is 11.9 Å². The SMILES string of the molecule is C=C(C)c1ccc(C)cc1-c1c(O)cc(CCCCC)cc1OP(=O)(Cc1ccccc1)OC. The molecule has 0 amide bonds. The number of benzene rings is 3. The predicted molar refractivity (Wildman–Crippen MR) is 142 cm³/mol. The van der Waals surface area contributed by atoms with Crippen molar-refractivity contribution in [2.75, 3.05) is 7.11 Å². The molecule has 180 valence electrons. The first-order valence-corrected chi connectivity index (χ1v) is 13.5. The van der Waals surface area contributed by atoms with Crippen LogP contribution in [0.1, 0.15) is 55.4 Å². The molecule has 3 rings (SSSR count). The van der Waals surface area contributed by atoms with Gasteiger partial charge in [0, 0.05) is 7.11 Å². The van der Waals surface area contributed by atoms with Crippen LogP contribution in [0.4, 0.5) is 0 Å². The van der Waals surface area contributed by atoms with E-state index in [2.05, 4.69) is 13.5 Å². The molecule has 3 aromatic rings. The Balaban J connectivity index is 2.14. The summed E-state index contributed by atoms with van der Waals surface area (Å²) in [4.78, 5) is 0. The lowest BCUT2D eigenvalue weighted by Crippen LogP contribution is -2.02. The van der Waals surface area contributed by atoms with E-state index < -0.39 is 7.60 Å². The Labute approximate surface area is 203 Å². The zero-order valence-corrected chi connectivity index (χ0v) is 21.5. The third kappa shape index (κ3) is 6.40. The van der Waals surface area contributed by atoms with Crippen LogP contribution in [0.25, 0.3) is 16.7 Å². The Kier molecular flexibility index (Phi) is 8.77. The van der Waals surface area contributed by atoms with Gasteiger partial charge in [0.1, 0.15) is 11.5 Å². The van der Waals surface area contributed by atoms with E-state index in [1.807, 2.05) is 68.4 Å². The fraction of sp³-hybridized carbons (Fsp3) is 0.310. The van der Waals surface area contributed by atoms with Gasteiger partial charge in [-0.15, -0.1) is 0 Å². The molecule has 34 heavy (non-hydrogen) atoms. The molecule has 1 N–H and O–H groups in total. The highest BCUT2D eigenvalue weighted by atomic mass is 31.2. The molecule has 0 aliphatic rings. The molecule has 0 spiro atoms. The highest BCUT2D eigenvalue weighted by molar-refractivity contribution is 7.53. The Hall–Kier alpha value is -2.81. The second kappa shape index (κ2) is 11.6. The van der Waals surface area contributed by atoms with Gasteiger partial charge in [-0.3, -0.25) is 0 Å². The van der Waals surface area contributed by atoms with Gasteiger partial charge >= 0.3 is 7.60 Å². The summed E-state index contributed by atoms with van der Waals surface area (Å²) in [7, 11) is -2.14. The van der Waals surface area contributed by atoms with Crippen molar-refractivity contribution in [3.63, 3.8) is 0 Å². The predicted octanol–water partition coefficient (Wildman–Crippen LogP) is 8.55. The van der Waals surface area contributed by atoms with Crippen molar-refractivity contribution in [2.24, 2.45) is 0 Å². The second-order valence-electron chi connectivity index (χ2n) is 8.80. The number of rotatable bonds is 11. The zero-order valence-electron chi connectivity index (χ0n) is 20.6. The van der Waals surface area contributed by atoms with Crippen LogP contribution in [0, 0.1) is 6.92 Å². The number of phenolic OH excluding ortho intramolecular Hbond substituents is 1. The van der Waals surface area contributed by atoms with Crippen LogP contribution in [0.3, 0.4) is 0 Å². The van der Waals surface area contributed by atoms with Gasteiger partial charge in [-0.25, -0.2) is 4.57 Å². The first-order chi connectivity index (χ1) is 16.3. The molecule has 0 aliphatic heterocycles. The van der Waals surface area contributed by atoms with Gasteiger partial charge in [-0.1, -0.05) is 86.0 Å². The molecule has 1 atom stereocenters. The summed E-state index contributed by atoms with van der Waals surface area (Å²) in [6.07, 6.45) is 4.14. The standard InChI is InChI=1S/C29H35O4P/c1-6-7-9-14-24-18-27(30)29(26-17-22(4)15-16-25(26)21(2)3)28(19-24)33-34(31,32-5)20-23-12-10-8-11-13-23/h8,10-13,15-19,30H,2,6-7,9,14,20H2,1,3-5H3. The van der Waals surface area contributed by atoms with Crippen LogP contribution >= 0.6 is 7.60 Å². The molecule has 0 heterocycles. The number of phenols is 1. The highest BCUT2D eigenvalue weighted by Crippen LogP contribution is 2.54. The molecule has 4 nitrogen and oxygen atoms in total. The molecular formula is C29H35O4P. The van der Waals surface area contributed by atoms with Crippen molar-refractivity contribution < 1.29 is 18.7 Å². The number of allylic oxidation sites excluding steroid dienone is 1. The van der Waals surface area contributed by atoms with Crippen molar-refractivity contribution in [3.8, 4) is 22.6 Å². The van der Waals surface area contributed by atoms with Gasteiger partial charge in [0.2, 0.25) is 0 Å². The largest absolute Gasteiger partial charge is 0.507 e. The Morgan fingerprint density at radius 3 is 2.41 bits per heavy atom. The summed E-state index contributed by atoms with van der Waals surface area (Å²) in [5.74, 6) is 0.458. The number of hydrogen-bond donors (Lipinski definition) is 1. The lowest BCUT2D eigenvalue weighted by molar-refractivity contribution is 0.320. The van der Waals surface area contributed by atoms with E-state index >= 15 is 0 Å². The van der Waals surface area contributed by atoms with Crippen LogP contribution < -0.4 is 4.52 Å². The van der Waals surface area contributed by atoms with Crippen LogP contribution in [-0.4, -0.2) is 12.2 Å². The third-order valence-corrected chi connectivity index (χ3v) is 7.63. The van der Waals surface area contributed by atoms with Crippen molar-refractivity contribution in [1.82, 2.24) is 0 Å². The lowest BCUT2D eigenvalue weighted by Gasteiger charge is -2.22. The summed E-state index contributed by atoms with van der Waals surface area (Å²) >= 11 is 0. The minimum absolute atomic E-state index is 0.0967. The van der Waals surface area contributed by atoms with Crippen molar-refractivity contribution in [1.29, 1.82) is 0 Å². The highest BCUT2D eigenvalue weighted by Gasteiger charge is 2.29. The lowest BCUT2D eigenvalue weighted by atomic mass is 9.91. The summed E-state index contributed by atoms with van der Waals surface area (Å²) in [6, 6.07) is 19.2. The van der Waals surface area contributed by atoms with Crippen LogP contribution in [0.15, 0.2) is 67.2 Å².